The lowest BCUT2D eigenvalue weighted by Gasteiger charge is -2.22. The summed E-state index contributed by atoms with van der Waals surface area (Å²) >= 11 is 5.92. The van der Waals surface area contributed by atoms with Gasteiger partial charge in [0.25, 0.3) is 0 Å². The molecule has 0 bridgehead atoms. The monoisotopic (exact) mass is 257 g/mol. The van der Waals surface area contributed by atoms with Crippen molar-refractivity contribution in [1.29, 1.82) is 0 Å². The zero-order valence-electron chi connectivity index (χ0n) is 9.72. The molecule has 0 atom stereocenters. The van der Waals surface area contributed by atoms with Crippen molar-refractivity contribution in [2.24, 2.45) is 5.92 Å². The van der Waals surface area contributed by atoms with E-state index in [1.165, 1.54) is 12.1 Å². The van der Waals surface area contributed by atoms with Crippen molar-refractivity contribution >= 4 is 11.6 Å². The van der Waals surface area contributed by atoms with Crippen LogP contribution in [-0.4, -0.2) is 19.7 Å². The highest BCUT2D eigenvalue weighted by molar-refractivity contribution is 6.31. The van der Waals surface area contributed by atoms with Crippen molar-refractivity contribution in [2.45, 2.75) is 19.4 Å². The Labute approximate surface area is 106 Å². The van der Waals surface area contributed by atoms with Gasteiger partial charge in [0.15, 0.2) is 0 Å². The van der Waals surface area contributed by atoms with Gasteiger partial charge in [-0.1, -0.05) is 17.7 Å². The summed E-state index contributed by atoms with van der Waals surface area (Å²) in [5.74, 6) is 0.326. The van der Waals surface area contributed by atoms with E-state index in [-0.39, 0.29) is 5.82 Å². The molecule has 0 unspecified atom stereocenters. The van der Waals surface area contributed by atoms with Crippen LogP contribution in [0.25, 0.3) is 0 Å². The standard InChI is InChI=1S/C13H17ClFNO/c14-13-7-12(15)2-1-11(13)9-17-8-10-3-5-16-6-4-10/h1-2,7,10,16H,3-6,8-9H2. The van der Waals surface area contributed by atoms with Gasteiger partial charge < -0.3 is 10.1 Å². The summed E-state index contributed by atoms with van der Waals surface area (Å²) in [5, 5.41) is 3.76. The first-order valence-corrected chi connectivity index (χ1v) is 6.36. The number of benzene rings is 1. The fourth-order valence-corrected chi connectivity index (χ4v) is 2.24. The van der Waals surface area contributed by atoms with Crippen LogP contribution in [0.1, 0.15) is 18.4 Å². The van der Waals surface area contributed by atoms with Crippen molar-refractivity contribution in [3.8, 4) is 0 Å². The lowest BCUT2D eigenvalue weighted by molar-refractivity contribution is 0.0763. The Balaban J connectivity index is 1.77. The minimum atomic E-state index is -0.308. The third kappa shape index (κ3) is 3.95. The molecule has 0 amide bonds. The molecule has 0 aliphatic carbocycles. The number of ether oxygens (including phenoxy) is 1. The van der Waals surface area contributed by atoms with Crippen LogP contribution in [0.2, 0.25) is 5.02 Å². The highest BCUT2D eigenvalue weighted by Crippen LogP contribution is 2.19. The highest BCUT2D eigenvalue weighted by Gasteiger charge is 2.13. The van der Waals surface area contributed by atoms with Crippen LogP contribution in [0.15, 0.2) is 18.2 Å². The Bertz CT molecular complexity index is 366. The molecule has 1 N–H and O–H groups in total. The molecule has 0 radical (unpaired) electrons. The molecule has 94 valence electrons. The van der Waals surface area contributed by atoms with E-state index in [1.807, 2.05) is 0 Å². The summed E-state index contributed by atoms with van der Waals surface area (Å²) in [6.07, 6.45) is 2.33. The highest BCUT2D eigenvalue weighted by atomic mass is 35.5. The molecule has 17 heavy (non-hydrogen) atoms. The maximum Gasteiger partial charge on any atom is 0.124 e. The van der Waals surface area contributed by atoms with E-state index in [0.717, 1.165) is 38.1 Å². The molecule has 1 fully saturated rings. The van der Waals surface area contributed by atoms with Crippen LogP contribution in [-0.2, 0) is 11.3 Å². The molecule has 1 aliphatic rings. The maximum atomic E-state index is 12.8. The predicted molar refractivity (Wildman–Crippen MR) is 66.7 cm³/mol. The van der Waals surface area contributed by atoms with Gasteiger partial charge in [-0.15, -0.1) is 0 Å². The second kappa shape index (κ2) is 6.34. The number of hydrogen-bond acceptors (Lipinski definition) is 2. The first-order valence-electron chi connectivity index (χ1n) is 5.98. The molecule has 1 aliphatic heterocycles. The summed E-state index contributed by atoms with van der Waals surface area (Å²) in [4.78, 5) is 0. The summed E-state index contributed by atoms with van der Waals surface area (Å²) in [6, 6.07) is 4.42. The third-order valence-electron chi connectivity index (χ3n) is 3.08. The fraction of sp³-hybridized carbons (Fsp3) is 0.538. The van der Waals surface area contributed by atoms with Gasteiger partial charge in [0, 0.05) is 11.6 Å². The van der Waals surface area contributed by atoms with Gasteiger partial charge >= 0.3 is 0 Å². The number of nitrogens with one attached hydrogen (secondary N) is 1. The van der Waals surface area contributed by atoms with E-state index in [2.05, 4.69) is 5.32 Å². The summed E-state index contributed by atoms with van der Waals surface area (Å²) in [5.41, 5.74) is 0.849. The zero-order chi connectivity index (χ0) is 12.1. The normalized spacial score (nSPS) is 17.3. The Morgan fingerprint density at radius 2 is 2.12 bits per heavy atom. The fourth-order valence-electron chi connectivity index (χ4n) is 2.02. The van der Waals surface area contributed by atoms with Gasteiger partial charge in [-0.2, -0.15) is 0 Å². The second-order valence-electron chi connectivity index (χ2n) is 4.44. The first kappa shape index (κ1) is 12.8. The molecule has 0 spiro atoms. The molecule has 2 nitrogen and oxygen atoms in total. The van der Waals surface area contributed by atoms with Crippen LogP contribution in [0, 0.1) is 11.7 Å². The van der Waals surface area contributed by atoms with E-state index < -0.39 is 0 Å². The summed E-state index contributed by atoms with van der Waals surface area (Å²) in [7, 11) is 0. The molecule has 0 saturated carbocycles. The number of rotatable bonds is 4. The van der Waals surface area contributed by atoms with E-state index in [0.29, 0.717) is 17.5 Å². The van der Waals surface area contributed by atoms with Crippen LogP contribution in [0.3, 0.4) is 0 Å². The van der Waals surface area contributed by atoms with Gasteiger partial charge in [0.1, 0.15) is 5.82 Å². The molecular weight excluding hydrogens is 241 g/mol. The predicted octanol–water partition coefficient (Wildman–Crippen LogP) is 3.00. The molecule has 1 saturated heterocycles. The molecule has 0 aromatic heterocycles. The van der Waals surface area contributed by atoms with Crippen molar-refractivity contribution < 1.29 is 9.13 Å². The Hall–Kier alpha value is -0.640. The van der Waals surface area contributed by atoms with E-state index in [4.69, 9.17) is 16.3 Å². The lowest BCUT2D eigenvalue weighted by Crippen LogP contribution is -2.29. The van der Waals surface area contributed by atoms with Crippen LogP contribution >= 0.6 is 11.6 Å². The topological polar surface area (TPSA) is 21.3 Å². The van der Waals surface area contributed by atoms with Crippen LogP contribution in [0.4, 0.5) is 4.39 Å². The van der Waals surface area contributed by atoms with Crippen molar-refractivity contribution in [1.82, 2.24) is 5.32 Å². The number of hydrogen-bond donors (Lipinski definition) is 1. The third-order valence-corrected chi connectivity index (χ3v) is 3.44. The summed E-state index contributed by atoms with van der Waals surface area (Å²) < 4.78 is 18.5. The molecular formula is C13H17ClFNO. The van der Waals surface area contributed by atoms with E-state index >= 15 is 0 Å². The van der Waals surface area contributed by atoms with Gasteiger partial charge in [-0.05, 0) is 49.5 Å². The minimum absolute atomic E-state index is 0.308. The summed E-state index contributed by atoms with van der Waals surface area (Å²) in [6.45, 7) is 3.37. The Morgan fingerprint density at radius 3 is 2.82 bits per heavy atom. The number of piperidine rings is 1. The van der Waals surface area contributed by atoms with Crippen molar-refractivity contribution in [3.63, 3.8) is 0 Å². The van der Waals surface area contributed by atoms with E-state index in [1.54, 1.807) is 6.07 Å². The SMILES string of the molecule is Fc1ccc(COCC2CCNCC2)c(Cl)c1. The largest absolute Gasteiger partial charge is 0.376 e. The second-order valence-corrected chi connectivity index (χ2v) is 4.85. The zero-order valence-corrected chi connectivity index (χ0v) is 10.5. The Morgan fingerprint density at radius 1 is 1.35 bits per heavy atom. The molecule has 1 aromatic rings. The van der Waals surface area contributed by atoms with Gasteiger partial charge in [-0.3, -0.25) is 0 Å². The number of halogens is 2. The average molecular weight is 258 g/mol. The molecule has 2 rings (SSSR count). The first-order chi connectivity index (χ1) is 8.25. The van der Waals surface area contributed by atoms with Gasteiger partial charge in [0.2, 0.25) is 0 Å². The lowest BCUT2D eigenvalue weighted by atomic mass is 9.99. The maximum absolute atomic E-state index is 12.8. The smallest absolute Gasteiger partial charge is 0.124 e. The van der Waals surface area contributed by atoms with E-state index in [9.17, 15) is 4.39 Å². The van der Waals surface area contributed by atoms with Crippen LogP contribution in [0.5, 0.6) is 0 Å². The molecule has 1 heterocycles. The van der Waals surface area contributed by atoms with Gasteiger partial charge in [-0.25, -0.2) is 4.39 Å². The Kier molecular flexibility index (Phi) is 4.77. The minimum Gasteiger partial charge on any atom is -0.376 e. The molecule has 1 aromatic carbocycles. The van der Waals surface area contributed by atoms with Crippen molar-refractivity contribution in [3.05, 3.63) is 34.6 Å². The van der Waals surface area contributed by atoms with Crippen LogP contribution < -0.4 is 5.32 Å². The van der Waals surface area contributed by atoms with Gasteiger partial charge in [0.05, 0.1) is 6.61 Å². The average Bonchev–Trinajstić information content (AvgIpc) is 2.33. The van der Waals surface area contributed by atoms with Crippen molar-refractivity contribution in [2.75, 3.05) is 19.7 Å². The molecule has 4 heteroatoms. The quantitative estimate of drug-likeness (QED) is 0.895.